The van der Waals surface area contributed by atoms with Crippen molar-refractivity contribution in [2.24, 2.45) is 0 Å². The molecule has 1 aliphatic heterocycles. The normalized spacial score (nSPS) is 15.4. The summed E-state index contributed by atoms with van der Waals surface area (Å²) in [4.78, 5) is 16.5. The molecule has 0 unspecified atom stereocenters. The molecule has 1 fully saturated rings. The van der Waals surface area contributed by atoms with Gasteiger partial charge in [-0.1, -0.05) is 24.3 Å². The van der Waals surface area contributed by atoms with Crippen LogP contribution in [-0.2, 0) is 11.3 Å². The highest BCUT2D eigenvalue weighted by molar-refractivity contribution is 5.91. The number of piperazine rings is 1. The standard InChI is InChI=1S/C21H23FN2O2/c1-26-20-4-2-3-18(15-20)16-23-11-13-24(14-12-23)21(25)10-7-17-5-8-19(22)9-6-17/h2-10,15H,11-14,16H2,1H3/b10-7+. The van der Waals surface area contributed by atoms with E-state index in [-0.39, 0.29) is 11.7 Å². The molecule has 1 saturated heterocycles. The quantitative estimate of drug-likeness (QED) is 0.773. The fourth-order valence-electron chi connectivity index (χ4n) is 3.00. The van der Waals surface area contributed by atoms with Crippen LogP contribution < -0.4 is 4.74 Å². The minimum atomic E-state index is -0.277. The number of hydrogen-bond donors (Lipinski definition) is 0. The van der Waals surface area contributed by atoms with Crippen molar-refractivity contribution in [1.29, 1.82) is 0 Å². The molecule has 0 aliphatic carbocycles. The second-order valence-electron chi connectivity index (χ2n) is 6.34. The van der Waals surface area contributed by atoms with Gasteiger partial charge in [-0.25, -0.2) is 4.39 Å². The number of carbonyl (C=O) groups is 1. The Bertz CT molecular complexity index is 766. The van der Waals surface area contributed by atoms with Gasteiger partial charge in [0.2, 0.25) is 5.91 Å². The van der Waals surface area contributed by atoms with Gasteiger partial charge >= 0.3 is 0 Å². The Morgan fingerprint density at radius 3 is 2.54 bits per heavy atom. The van der Waals surface area contributed by atoms with Crippen LogP contribution in [0.5, 0.6) is 5.75 Å². The molecule has 1 aliphatic rings. The Morgan fingerprint density at radius 2 is 1.85 bits per heavy atom. The highest BCUT2D eigenvalue weighted by Crippen LogP contribution is 2.15. The zero-order valence-electron chi connectivity index (χ0n) is 14.9. The lowest BCUT2D eigenvalue weighted by atomic mass is 10.2. The number of ether oxygens (including phenoxy) is 1. The van der Waals surface area contributed by atoms with Gasteiger partial charge in [0.05, 0.1) is 7.11 Å². The number of amides is 1. The molecule has 0 bridgehead atoms. The average Bonchev–Trinajstić information content (AvgIpc) is 2.68. The van der Waals surface area contributed by atoms with E-state index in [1.165, 1.54) is 17.7 Å². The van der Waals surface area contributed by atoms with Crippen molar-refractivity contribution >= 4 is 12.0 Å². The number of nitrogens with zero attached hydrogens (tertiary/aromatic N) is 2. The molecule has 1 amide bonds. The number of carbonyl (C=O) groups excluding carboxylic acids is 1. The van der Waals surface area contributed by atoms with Crippen LogP contribution in [0, 0.1) is 5.82 Å². The second kappa shape index (κ2) is 8.63. The predicted octanol–water partition coefficient (Wildman–Crippen LogP) is 3.19. The molecule has 26 heavy (non-hydrogen) atoms. The molecule has 3 rings (SSSR count). The van der Waals surface area contributed by atoms with E-state index in [2.05, 4.69) is 11.0 Å². The summed E-state index contributed by atoms with van der Waals surface area (Å²) < 4.78 is 18.2. The van der Waals surface area contributed by atoms with Gasteiger partial charge in [0.1, 0.15) is 11.6 Å². The van der Waals surface area contributed by atoms with E-state index in [0.717, 1.165) is 30.9 Å². The number of methoxy groups -OCH3 is 1. The summed E-state index contributed by atoms with van der Waals surface area (Å²) in [6, 6.07) is 14.2. The van der Waals surface area contributed by atoms with Crippen molar-refractivity contribution < 1.29 is 13.9 Å². The summed E-state index contributed by atoms with van der Waals surface area (Å²) in [5.41, 5.74) is 2.02. The van der Waals surface area contributed by atoms with Gasteiger partial charge in [0, 0.05) is 38.8 Å². The van der Waals surface area contributed by atoms with Gasteiger partial charge in [0.15, 0.2) is 0 Å². The Labute approximate surface area is 153 Å². The first-order valence-electron chi connectivity index (χ1n) is 8.72. The third kappa shape index (κ3) is 4.92. The average molecular weight is 354 g/mol. The Morgan fingerprint density at radius 1 is 1.12 bits per heavy atom. The van der Waals surface area contributed by atoms with Crippen LogP contribution in [-0.4, -0.2) is 49.0 Å². The third-order valence-corrected chi connectivity index (χ3v) is 4.51. The number of benzene rings is 2. The van der Waals surface area contributed by atoms with Crippen molar-refractivity contribution in [3.63, 3.8) is 0 Å². The summed E-state index contributed by atoms with van der Waals surface area (Å²) >= 11 is 0. The minimum absolute atomic E-state index is 0.00430. The fourth-order valence-corrected chi connectivity index (χ4v) is 3.00. The lowest BCUT2D eigenvalue weighted by Crippen LogP contribution is -2.47. The molecule has 0 N–H and O–H groups in total. The molecule has 0 aromatic heterocycles. The predicted molar refractivity (Wildman–Crippen MR) is 100 cm³/mol. The number of halogens is 1. The Balaban J connectivity index is 1.49. The van der Waals surface area contributed by atoms with Gasteiger partial charge in [-0.2, -0.15) is 0 Å². The number of rotatable bonds is 5. The molecular formula is C21H23FN2O2. The Kier molecular flexibility index (Phi) is 6.02. The second-order valence-corrected chi connectivity index (χ2v) is 6.34. The van der Waals surface area contributed by atoms with Crippen LogP contribution in [0.3, 0.4) is 0 Å². The summed E-state index contributed by atoms with van der Waals surface area (Å²) in [6.07, 6.45) is 3.29. The van der Waals surface area contributed by atoms with Crippen LogP contribution in [0.1, 0.15) is 11.1 Å². The maximum absolute atomic E-state index is 12.9. The molecular weight excluding hydrogens is 331 g/mol. The molecule has 4 nitrogen and oxygen atoms in total. The van der Waals surface area contributed by atoms with Crippen molar-refractivity contribution in [3.05, 3.63) is 71.6 Å². The minimum Gasteiger partial charge on any atom is -0.497 e. The summed E-state index contributed by atoms with van der Waals surface area (Å²) in [7, 11) is 1.67. The first-order valence-corrected chi connectivity index (χ1v) is 8.72. The molecule has 1 heterocycles. The van der Waals surface area contributed by atoms with Crippen LogP contribution in [0.4, 0.5) is 4.39 Å². The van der Waals surface area contributed by atoms with E-state index in [9.17, 15) is 9.18 Å². The van der Waals surface area contributed by atoms with E-state index in [0.29, 0.717) is 13.1 Å². The summed E-state index contributed by atoms with van der Waals surface area (Å²) in [6.45, 7) is 3.94. The first kappa shape index (κ1) is 18.1. The van der Waals surface area contributed by atoms with Gasteiger partial charge in [-0.05, 0) is 41.5 Å². The van der Waals surface area contributed by atoms with Gasteiger partial charge in [-0.15, -0.1) is 0 Å². The van der Waals surface area contributed by atoms with Crippen molar-refractivity contribution in [2.45, 2.75) is 6.54 Å². The van der Waals surface area contributed by atoms with Gasteiger partial charge in [0.25, 0.3) is 0 Å². The van der Waals surface area contributed by atoms with E-state index in [1.807, 2.05) is 23.1 Å². The van der Waals surface area contributed by atoms with E-state index >= 15 is 0 Å². The summed E-state index contributed by atoms with van der Waals surface area (Å²) in [5, 5.41) is 0. The highest BCUT2D eigenvalue weighted by Gasteiger charge is 2.19. The molecule has 2 aromatic carbocycles. The zero-order chi connectivity index (χ0) is 18.4. The van der Waals surface area contributed by atoms with Crippen molar-refractivity contribution in [2.75, 3.05) is 33.3 Å². The monoisotopic (exact) mass is 354 g/mol. The maximum Gasteiger partial charge on any atom is 0.246 e. The molecule has 0 spiro atoms. The van der Waals surface area contributed by atoms with Crippen LogP contribution >= 0.6 is 0 Å². The third-order valence-electron chi connectivity index (χ3n) is 4.51. The molecule has 5 heteroatoms. The maximum atomic E-state index is 12.9. The highest BCUT2D eigenvalue weighted by atomic mass is 19.1. The number of hydrogen-bond acceptors (Lipinski definition) is 3. The summed E-state index contributed by atoms with van der Waals surface area (Å²) in [5.74, 6) is 0.582. The molecule has 0 radical (unpaired) electrons. The molecule has 2 aromatic rings. The molecule has 0 saturated carbocycles. The van der Waals surface area contributed by atoms with E-state index in [1.54, 1.807) is 31.4 Å². The van der Waals surface area contributed by atoms with Gasteiger partial charge in [-0.3, -0.25) is 9.69 Å². The first-order chi connectivity index (χ1) is 12.6. The van der Waals surface area contributed by atoms with Crippen molar-refractivity contribution in [1.82, 2.24) is 9.80 Å². The van der Waals surface area contributed by atoms with E-state index < -0.39 is 0 Å². The lowest BCUT2D eigenvalue weighted by Gasteiger charge is -2.34. The SMILES string of the molecule is COc1cccc(CN2CCN(C(=O)/C=C/c3ccc(F)cc3)CC2)c1. The lowest BCUT2D eigenvalue weighted by molar-refractivity contribution is -0.127. The molecule has 0 atom stereocenters. The fraction of sp³-hybridized carbons (Fsp3) is 0.286. The van der Waals surface area contributed by atoms with Crippen molar-refractivity contribution in [3.8, 4) is 5.75 Å². The van der Waals surface area contributed by atoms with E-state index in [4.69, 9.17) is 4.74 Å². The van der Waals surface area contributed by atoms with Gasteiger partial charge < -0.3 is 9.64 Å². The van der Waals surface area contributed by atoms with Crippen LogP contribution in [0.15, 0.2) is 54.6 Å². The topological polar surface area (TPSA) is 32.8 Å². The van der Waals surface area contributed by atoms with Crippen LogP contribution in [0.25, 0.3) is 6.08 Å². The zero-order valence-corrected chi connectivity index (χ0v) is 14.9. The molecule has 136 valence electrons. The smallest absolute Gasteiger partial charge is 0.246 e. The Hall–Kier alpha value is -2.66. The largest absolute Gasteiger partial charge is 0.497 e. The van der Waals surface area contributed by atoms with Crippen LogP contribution in [0.2, 0.25) is 0 Å².